The average Bonchev–Trinajstić information content (AvgIpc) is 2.61. The van der Waals surface area contributed by atoms with Gasteiger partial charge in [-0.1, -0.05) is 13.8 Å². The first kappa shape index (κ1) is 19.7. The highest BCUT2D eigenvalue weighted by Gasteiger charge is 2.38. The Kier molecular flexibility index (Phi) is 6.42. The van der Waals surface area contributed by atoms with Gasteiger partial charge in [0.15, 0.2) is 0 Å². The van der Waals surface area contributed by atoms with Gasteiger partial charge in [0.1, 0.15) is 5.54 Å². The molecule has 2 aliphatic rings. The van der Waals surface area contributed by atoms with Crippen molar-refractivity contribution in [3.8, 4) is 6.07 Å². The van der Waals surface area contributed by atoms with E-state index in [1.54, 1.807) is 13.8 Å². The van der Waals surface area contributed by atoms with Crippen molar-refractivity contribution in [2.45, 2.75) is 64.0 Å². The Balaban J connectivity index is 1.84. The molecule has 0 radical (unpaired) electrons. The van der Waals surface area contributed by atoms with Crippen molar-refractivity contribution in [1.29, 1.82) is 5.26 Å². The topological polar surface area (TPSA) is 108 Å². The van der Waals surface area contributed by atoms with Gasteiger partial charge < -0.3 is 15.8 Å². The third-order valence-electron chi connectivity index (χ3n) is 5.60. The number of likely N-dealkylation sites (tertiary alicyclic amines) is 1. The summed E-state index contributed by atoms with van der Waals surface area (Å²) in [6.07, 6.45) is 3.91. The first-order chi connectivity index (χ1) is 11.8. The lowest BCUT2D eigenvalue weighted by molar-refractivity contribution is -0.127. The zero-order valence-electron chi connectivity index (χ0n) is 15.3. The maximum absolute atomic E-state index is 12.3. The number of primary amides is 1. The van der Waals surface area contributed by atoms with Gasteiger partial charge in [-0.15, -0.1) is 0 Å². The van der Waals surface area contributed by atoms with Gasteiger partial charge in [-0.3, -0.25) is 14.5 Å². The number of nitrogens with two attached hydrogens (primary N) is 1. The van der Waals surface area contributed by atoms with E-state index in [-0.39, 0.29) is 12.3 Å². The number of ether oxygens (including phenoxy) is 1. The number of carbonyl (C=O) groups excluding carboxylic acids is 2. The normalized spacial score (nSPS) is 22.1. The van der Waals surface area contributed by atoms with Gasteiger partial charge in [-0.25, -0.2) is 0 Å². The van der Waals surface area contributed by atoms with Crippen LogP contribution in [0.3, 0.4) is 0 Å². The summed E-state index contributed by atoms with van der Waals surface area (Å²) in [4.78, 5) is 26.1. The van der Waals surface area contributed by atoms with Crippen LogP contribution in [0.1, 0.15) is 52.4 Å². The minimum absolute atomic E-state index is 0.185. The molecule has 25 heavy (non-hydrogen) atoms. The fourth-order valence-electron chi connectivity index (χ4n) is 3.46. The molecule has 2 heterocycles. The predicted octanol–water partition coefficient (Wildman–Crippen LogP) is 0.931. The molecule has 0 aromatic carbocycles. The van der Waals surface area contributed by atoms with Crippen LogP contribution >= 0.6 is 0 Å². The Morgan fingerprint density at radius 2 is 1.92 bits per heavy atom. The Bertz CT molecular complexity index is 527. The SMILES string of the molecule is CC(C)(CCC(=O)NC1(C#N)CCN(C2CCOCC2)CC1)C(N)=O. The summed E-state index contributed by atoms with van der Waals surface area (Å²) in [5.41, 5.74) is 3.83. The summed E-state index contributed by atoms with van der Waals surface area (Å²) in [5, 5.41) is 12.5. The molecule has 2 amide bonds. The van der Waals surface area contributed by atoms with Crippen molar-refractivity contribution < 1.29 is 14.3 Å². The Hall–Kier alpha value is -1.65. The third kappa shape index (κ3) is 5.16. The lowest BCUT2D eigenvalue weighted by Crippen LogP contribution is -2.56. The van der Waals surface area contributed by atoms with Gasteiger partial charge in [-0.05, 0) is 32.1 Å². The van der Waals surface area contributed by atoms with Crippen molar-refractivity contribution in [3.63, 3.8) is 0 Å². The molecule has 2 aliphatic heterocycles. The molecule has 7 heteroatoms. The van der Waals surface area contributed by atoms with Crippen LogP contribution in [0.4, 0.5) is 0 Å². The van der Waals surface area contributed by atoms with Crippen molar-refractivity contribution >= 4 is 11.8 Å². The number of nitrogens with zero attached hydrogens (tertiary/aromatic N) is 2. The number of carbonyl (C=O) groups is 2. The maximum Gasteiger partial charge on any atom is 0.223 e. The van der Waals surface area contributed by atoms with E-state index in [0.717, 1.165) is 39.1 Å². The molecule has 0 unspecified atom stereocenters. The second-order valence-corrected chi connectivity index (χ2v) is 7.87. The molecule has 0 bridgehead atoms. The Labute approximate surface area is 149 Å². The molecule has 7 nitrogen and oxygen atoms in total. The number of nitrogens with one attached hydrogen (secondary N) is 1. The largest absolute Gasteiger partial charge is 0.381 e. The Morgan fingerprint density at radius 1 is 1.32 bits per heavy atom. The standard InChI is InChI=1S/C18H30N4O3/c1-17(2,16(20)24)6-3-15(23)21-18(13-19)7-9-22(10-8-18)14-4-11-25-12-5-14/h14H,3-12H2,1-2H3,(H2,20,24)(H,21,23). The molecule has 0 spiro atoms. The van der Waals surface area contributed by atoms with Crippen LogP contribution in [0.15, 0.2) is 0 Å². The number of rotatable bonds is 6. The summed E-state index contributed by atoms with van der Waals surface area (Å²) in [7, 11) is 0. The quantitative estimate of drug-likeness (QED) is 0.741. The van der Waals surface area contributed by atoms with Gasteiger partial charge in [-0.2, -0.15) is 5.26 Å². The maximum atomic E-state index is 12.3. The monoisotopic (exact) mass is 350 g/mol. The van der Waals surface area contributed by atoms with Crippen LogP contribution in [0.5, 0.6) is 0 Å². The van der Waals surface area contributed by atoms with Crippen LogP contribution in [-0.2, 0) is 14.3 Å². The number of amides is 2. The molecule has 0 atom stereocenters. The van der Waals surface area contributed by atoms with Gasteiger partial charge in [0.05, 0.1) is 6.07 Å². The molecule has 0 aliphatic carbocycles. The van der Waals surface area contributed by atoms with E-state index in [9.17, 15) is 14.9 Å². The molecular weight excluding hydrogens is 320 g/mol. The van der Waals surface area contributed by atoms with Crippen molar-refractivity contribution in [1.82, 2.24) is 10.2 Å². The van der Waals surface area contributed by atoms with E-state index in [0.29, 0.717) is 25.3 Å². The Morgan fingerprint density at radius 3 is 2.44 bits per heavy atom. The van der Waals surface area contributed by atoms with E-state index in [1.807, 2.05) is 0 Å². The number of hydrogen-bond donors (Lipinski definition) is 2. The van der Waals surface area contributed by atoms with E-state index >= 15 is 0 Å². The van der Waals surface area contributed by atoms with Gasteiger partial charge in [0.2, 0.25) is 11.8 Å². The van der Waals surface area contributed by atoms with Gasteiger partial charge in [0, 0.05) is 44.2 Å². The molecule has 0 aromatic rings. The zero-order valence-corrected chi connectivity index (χ0v) is 15.3. The van der Waals surface area contributed by atoms with Gasteiger partial charge in [0.25, 0.3) is 0 Å². The second kappa shape index (κ2) is 8.15. The summed E-state index contributed by atoms with van der Waals surface area (Å²) in [6.45, 7) is 6.69. The predicted molar refractivity (Wildman–Crippen MR) is 93.3 cm³/mol. The highest BCUT2D eigenvalue weighted by Crippen LogP contribution is 2.27. The van der Waals surface area contributed by atoms with Gasteiger partial charge >= 0.3 is 0 Å². The van der Waals surface area contributed by atoms with Crippen LogP contribution in [0, 0.1) is 16.7 Å². The first-order valence-electron chi connectivity index (χ1n) is 9.12. The van der Waals surface area contributed by atoms with Crippen LogP contribution in [0.2, 0.25) is 0 Å². The fourth-order valence-corrected chi connectivity index (χ4v) is 3.46. The lowest BCUT2D eigenvalue weighted by atomic mass is 9.85. The zero-order chi connectivity index (χ0) is 18.5. The third-order valence-corrected chi connectivity index (χ3v) is 5.60. The highest BCUT2D eigenvalue weighted by atomic mass is 16.5. The fraction of sp³-hybridized carbons (Fsp3) is 0.833. The molecule has 0 saturated carbocycles. The van der Waals surface area contributed by atoms with Crippen LogP contribution in [0.25, 0.3) is 0 Å². The summed E-state index contributed by atoms with van der Waals surface area (Å²) in [6, 6.07) is 2.84. The molecule has 2 saturated heterocycles. The number of nitriles is 1. The summed E-state index contributed by atoms with van der Waals surface area (Å²) < 4.78 is 5.41. The van der Waals surface area contributed by atoms with Crippen molar-refractivity contribution in [3.05, 3.63) is 0 Å². The van der Waals surface area contributed by atoms with E-state index in [1.165, 1.54) is 0 Å². The van der Waals surface area contributed by atoms with Crippen molar-refractivity contribution in [2.24, 2.45) is 11.1 Å². The average molecular weight is 350 g/mol. The molecule has 2 fully saturated rings. The summed E-state index contributed by atoms with van der Waals surface area (Å²) >= 11 is 0. The second-order valence-electron chi connectivity index (χ2n) is 7.87. The van der Waals surface area contributed by atoms with E-state index in [4.69, 9.17) is 10.5 Å². The smallest absolute Gasteiger partial charge is 0.223 e. The van der Waals surface area contributed by atoms with Crippen LogP contribution in [-0.4, -0.2) is 54.6 Å². The minimum Gasteiger partial charge on any atom is -0.381 e. The highest BCUT2D eigenvalue weighted by molar-refractivity contribution is 5.82. The molecule has 140 valence electrons. The van der Waals surface area contributed by atoms with E-state index in [2.05, 4.69) is 16.3 Å². The minimum atomic E-state index is -0.796. The van der Waals surface area contributed by atoms with E-state index < -0.39 is 16.9 Å². The number of hydrogen-bond acceptors (Lipinski definition) is 5. The molecular formula is C18H30N4O3. The van der Waals surface area contributed by atoms with Crippen LogP contribution < -0.4 is 11.1 Å². The molecule has 3 N–H and O–H groups in total. The summed E-state index contributed by atoms with van der Waals surface area (Å²) in [5.74, 6) is -0.601. The number of piperidine rings is 1. The lowest BCUT2D eigenvalue weighted by Gasteiger charge is -2.42. The van der Waals surface area contributed by atoms with Crippen molar-refractivity contribution in [2.75, 3.05) is 26.3 Å². The molecule has 2 rings (SSSR count). The molecule has 0 aromatic heterocycles. The first-order valence-corrected chi connectivity index (χ1v) is 9.12.